The maximum Gasteiger partial charge on any atom is 0.321 e. The number of imide groups is 1. The lowest BCUT2D eigenvalue weighted by atomic mass is 9.93. The van der Waals surface area contributed by atoms with Crippen LogP contribution in [0.5, 0.6) is 0 Å². The van der Waals surface area contributed by atoms with Gasteiger partial charge in [0.2, 0.25) is 5.91 Å². The molecule has 4 unspecified atom stereocenters. The van der Waals surface area contributed by atoms with E-state index >= 15 is 0 Å². The van der Waals surface area contributed by atoms with E-state index in [2.05, 4.69) is 15.5 Å². The van der Waals surface area contributed by atoms with Crippen LogP contribution in [0.25, 0.3) is 0 Å². The first-order chi connectivity index (χ1) is 10.0. The molecule has 21 heavy (non-hydrogen) atoms. The molecule has 0 aromatic carbocycles. The maximum absolute atomic E-state index is 12.2. The molecule has 6 heteroatoms. The van der Waals surface area contributed by atoms with Gasteiger partial charge in [0.15, 0.2) is 0 Å². The predicted molar refractivity (Wildman–Crippen MR) is 79.8 cm³/mol. The largest absolute Gasteiger partial charge is 0.393 e. The third-order valence-corrected chi connectivity index (χ3v) is 4.82. The fourth-order valence-corrected chi connectivity index (χ4v) is 3.75. The zero-order valence-electron chi connectivity index (χ0n) is 13.0. The van der Waals surface area contributed by atoms with Crippen molar-refractivity contribution in [3.63, 3.8) is 0 Å². The molecule has 4 atom stereocenters. The zero-order valence-corrected chi connectivity index (χ0v) is 13.0. The molecule has 3 amide bonds. The normalized spacial score (nSPS) is 31.1. The van der Waals surface area contributed by atoms with Crippen LogP contribution in [0.1, 0.15) is 46.0 Å². The van der Waals surface area contributed by atoms with Gasteiger partial charge in [-0.25, -0.2) is 4.79 Å². The van der Waals surface area contributed by atoms with Crippen LogP contribution in [0.3, 0.4) is 0 Å². The van der Waals surface area contributed by atoms with Crippen molar-refractivity contribution in [2.45, 2.75) is 64.1 Å². The number of nitrogens with zero attached hydrogens (tertiary/aromatic N) is 1. The molecule has 1 heterocycles. The molecule has 120 valence electrons. The van der Waals surface area contributed by atoms with Crippen LogP contribution in [0, 0.1) is 5.92 Å². The van der Waals surface area contributed by atoms with Gasteiger partial charge in [-0.05, 0) is 46.1 Å². The molecule has 3 N–H and O–H groups in total. The predicted octanol–water partition coefficient (Wildman–Crippen LogP) is 0.846. The Bertz CT molecular complexity index is 388. The Morgan fingerprint density at radius 1 is 1.29 bits per heavy atom. The van der Waals surface area contributed by atoms with Crippen LogP contribution in [0.15, 0.2) is 0 Å². The van der Waals surface area contributed by atoms with Crippen molar-refractivity contribution >= 4 is 11.9 Å². The second-order valence-corrected chi connectivity index (χ2v) is 6.13. The highest BCUT2D eigenvalue weighted by atomic mass is 16.3. The van der Waals surface area contributed by atoms with E-state index in [0.717, 1.165) is 38.6 Å². The second kappa shape index (κ2) is 7.22. The molecule has 0 spiro atoms. The lowest BCUT2D eigenvalue weighted by molar-refractivity contribution is -0.125. The van der Waals surface area contributed by atoms with Crippen LogP contribution < -0.4 is 10.6 Å². The monoisotopic (exact) mass is 297 g/mol. The average molecular weight is 297 g/mol. The number of carbonyl (C=O) groups is 2. The molecular formula is C15H27N3O3. The van der Waals surface area contributed by atoms with E-state index in [4.69, 9.17) is 0 Å². The number of aliphatic hydroxyl groups excluding tert-OH is 1. The molecule has 0 bridgehead atoms. The third-order valence-electron chi connectivity index (χ3n) is 4.82. The van der Waals surface area contributed by atoms with Gasteiger partial charge >= 0.3 is 6.03 Å². The number of urea groups is 1. The fourth-order valence-electron chi connectivity index (χ4n) is 3.75. The van der Waals surface area contributed by atoms with Crippen LogP contribution in [-0.4, -0.2) is 53.2 Å². The second-order valence-electron chi connectivity index (χ2n) is 6.13. The van der Waals surface area contributed by atoms with Crippen molar-refractivity contribution in [2.75, 3.05) is 13.1 Å². The lowest BCUT2D eigenvalue weighted by Gasteiger charge is -2.34. The summed E-state index contributed by atoms with van der Waals surface area (Å²) in [4.78, 5) is 25.8. The minimum atomic E-state index is -0.439. The minimum absolute atomic E-state index is 0.241. The van der Waals surface area contributed by atoms with Gasteiger partial charge in [0.1, 0.15) is 0 Å². The first-order valence-electron chi connectivity index (χ1n) is 8.07. The third kappa shape index (κ3) is 3.74. The number of likely N-dealkylation sites (tertiary alicyclic amines) is 1. The summed E-state index contributed by atoms with van der Waals surface area (Å²) in [6.07, 6.45) is 4.80. The van der Waals surface area contributed by atoms with Crippen molar-refractivity contribution in [1.82, 2.24) is 15.5 Å². The molecule has 1 saturated carbocycles. The Labute approximate surface area is 126 Å². The smallest absolute Gasteiger partial charge is 0.321 e. The van der Waals surface area contributed by atoms with Gasteiger partial charge in [-0.3, -0.25) is 15.0 Å². The number of nitrogens with one attached hydrogen (secondary N) is 2. The molecule has 1 aliphatic carbocycles. The molecule has 2 fully saturated rings. The van der Waals surface area contributed by atoms with Crippen LogP contribution >= 0.6 is 0 Å². The van der Waals surface area contributed by atoms with Gasteiger partial charge in [-0.1, -0.05) is 6.42 Å². The number of hydrogen-bond donors (Lipinski definition) is 3. The molecular weight excluding hydrogens is 270 g/mol. The number of aliphatic hydroxyl groups is 1. The summed E-state index contributed by atoms with van der Waals surface area (Å²) < 4.78 is 0. The average Bonchev–Trinajstić information content (AvgIpc) is 3.05. The van der Waals surface area contributed by atoms with Crippen molar-refractivity contribution in [1.29, 1.82) is 0 Å². The molecule has 0 aromatic heterocycles. The summed E-state index contributed by atoms with van der Waals surface area (Å²) in [5.74, 6) is 0.00700. The highest BCUT2D eigenvalue weighted by Crippen LogP contribution is 2.36. The Morgan fingerprint density at radius 3 is 2.67 bits per heavy atom. The van der Waals surface area contributed by atoms with E-state index in [1.807, 2.05) is 13.8 Å². The Kier molecular flexibility index (Phi) is 5.58. The highest BCUT2D eigenvalue weighted by molar-refractivity contribution is 5.96. The van der Waals surface area contributed by atoms with Gasteiger partial charge in [0, 0.05) is 18.5 Å². The topological polar surface area (TPSA) is 81.7 Å². The van der Waals surface area contributed by atoms with E-state index in [1.54, 1.807) is 0 Å². The summed E-state index contributed by atoms with van der Waals surface area (Å²) >= 11 is 0. The maximum atomic E-state index is 12.2. The summed E-state index contributed by atoms with van der Waals surface area (Å²) in [5.41, 5.74) is 0. The van der Waals surface area contributed by atoms with Crippen LogP contribution in [0.4, 0.5) is 4.79 Å². The molecule has 1 aliphatic heterocycles. The zero-order chi connectivity index (χ0) is 15.4. The standard InChI is InChI=1S/C15H27N3O3/c1-3-16-15(21)17-14(20)10(2)18-9-5-7-12(18)11-6-4-8-13(11)19/h10-13,19H,3-9H2,1-2H3,(H2,16,17,20,21). The van der Waals surface area contributed by atoms with Gasteiger partial charge in [0.25, 0.3) is 0 Å². The van der Waals surface area contributed by atoms with Crippen molar-refractivity contribution in [2.24, 2.45) is 5.92 Å². The van der Waals surface area contributed by atoms with Crippen molar-refractivity contribution in [3.05, 3.63) is 0 Å². The Balaban J connectivity index is 1.95. The van der Waals surface area contributed by atoms with Crippen LogP contribution in [0.2, 0.25) is 0 Å². The molecule has 0 aromatic rings. The summed E-state index contributed by atoms with van der Waals surface area (Å²) in [6.45, 7) is 5.01. The summed E-state index contributed by atoms with van der Waals surface area (Å²) in [6, 6.07) is -0.517. The van der Waals surface area contributed by atoms with E-state index in [9.17, 15) is 14.7 Å². The number of hydrogen-bond acceptors (Lipinski definition) is 4. The number of carbonyl (C=O) groups excluding carboxylic acids is 2. The van der Waals surface area contributed by atoms with Crippen molar-refractivity contribution < 1.29 is 14.7 Å². The first kappa shape index (κ1) is 16.2. The summed E-state index contributed by atoms with van der Waals surface area (Å²) in [5, 5.41) is 15.1. The van der Waals surface area contributed by atoms with E-state index < -0.39 is 6.03 Å². The molecule has 6 nitrogen and oxygen atoms in total. The Morgan fingerprint density at radius 2 is 2.05 bits per heavy atom. The SMILES string of the molecule is CCNC(=O)NC(=O)C(C)N1CCCC1C1CCCC1O. The van der Waals surface area contributed by atoms with E-state index in [-0.39, 0.29) is 30.0 Å². The number of amides is 3. The summed E-state index contributed by atoms with van der Waals surface area (Å²) in [7, 11) is 0. The molecule has 2 rings (SSSR count). The molecule has 2 aliphatic rings. The van der Waals surface area contributed by atoms with E-state index in [1.165, 1.54) is 0 Å². The number of rotatable bonds is 4. The van der Waals surface area contributed by atoms with Crippen LogP contribution in [-0.2, 0) is 4.79 Å². The fraction of sp³-hybridized carbons (Fsp3) is 0.867. The molecule has 0 radical (unpaired) electrons. The Hall–Kier alpha value is -1.14. The van der Waals surface area contributed by atoms with E-state index in [0.29, 0.717) is 6.54 Å². The van der Waals surface area contributed by atoms with Gasteiger partial charge in [-0.2, -0.15) is 0 Å². The van der Waals surface area contributed by atoms with Gasteiger partial charge in [0.05, 0.1) is 12.1 Å². The lowest BCUT2D eigenvalue weighted by Crippen LogP contribution is -2.52. The first-order valence-corrected chi connectivity index (χ1v) is 8.07. The highest BCUT2D eigenvalue weighted by Gasteiger charge is 2.41. The van der Waals surface area contributed by atoms with Crippen molar-refractivity contribution in [3.8, 4) is 0 Å². The molecule has 1 saturated heterocycles. The van der Waals surface area contributed by atoms with Gasteiger partial charge in [-0.15, -0.1) is 0 Å². The minimum Gasteiger partial charge on any atom is -0.393 e. The van der Waals surface area contributed by atoms with Gasteiger partial charge < -0.3 is 10.4 Å². The quantitative estimate of drug-likeness (QED) is 0.718.